The van der Waals surface area contributed by atoms with Gasteiger partial charge in [0.25, 0.3) is 0 Å². The average Bonchev–Trinajstić information content (AvgIpc) is 2.77. The van der Waals surface area contributed by atoms with Gasteiger partial charge in [-0.2, -0.15) is 5.26 Å². The van der Waals surface area contributed by atoms with Crippen LogP contribution < -0.4 is 20.1 Å². The fourth-order valence-corrected chi connectivity index (χ4v) is 2.94. The van der Waals surface area contributed by atoms with Crippen molar-refractivity contribution in [3.05, 3.63) is 83.4 Å². The molecule has 152 valence electrons. The van der Waals surface area contributed by atoms with Crippen molar-refractivity contribution < 1.29 is 14.3 Å². The number of rotatable bonds is 8. The van der Waals surface area contributed by atoms with Crippen molar-refractivity contribution in [2.24, 2.45) is 0 Å². The topological polar surface area (TPSA) is 83.4 Å². The maximum Gasteiger partial charge on any atom is 0.221 e. The Kier molecular flexibility index (Phi) is 6.91. The van der Waals surface area contributed by atoms with Crippen molar-refractivity contribution in [2.45, 2.75) is 20.1 Å². The molecule has 1 amide bonds. The number of anilines is 2. The quantitative estimate of drug-likeness (QED) is 0.571. The van der Waals surface area contributed by atoms with Crippen LogP contribution in [0.2, 0.25) is 0 Å². The third kappa shape index (κ3) is 5.76. The lowest BCUT2D eigenvalue weighted by molar-refractivity contribution is -0.114. The lowest BCUT2D eigenvalue weighted by Gasteiger charge is -2.13. The first-order valence-corrected chi connectivity index (χ1v) is 9.47. The van der Waals surface area contributed by atoms with Crippen molar-refractivity contribution in [1.82, 2.24) is 0 Å². The van der Waals surface area contributed by atoms with Gasteiger partial charge in [0.15, 0.2) is 0 Å². The Morgan fingerprint density at radius 1 is 1.03 bits per heavy atom. The minimum absolute atomic E-state index is 0.148. The molecule has 3 aromatic rings. The van der Waals surface area contributed by atoms with Crippen molar-refractivity contribution in [1.29, 1.82) is 5.26 Å². The van der Waals surface area contributed by atoms with E-state index in [1.165, 1.54) is 6.92 Å². The predicted molar refractivity (Wildman–Crippen MR) is 117 cm³/mol. The van der Waals surface area contributed by atoms with Crippen molar-refractivity contribution in [3.8, 4) is 17.6 Å². The van der Waals surface area contributed by atoms with Crippen molar-refractivity contribution in [2.75, 3.05) is 17.7 Å². The standard InChI is InChI=1S/C24H23N3O3/c1-17(28)27-23-10-9-21(13-24(23)29-2)26-15-19-6-4-8-22(12-19)30-16-20-7-3-5-18(11-20)14-25/h3-13,26H,15-16H2,1-2H3,(H,27,28). The molecule has 3 rings (SSSR count). The van der Waals surface area contributed by atoms with Crippen LogP contribution in [0.4, 0.5) is 11.4 Å². The predicted octanol–water partition coefficient (Wildman–Crippen LogP) is 4.72. The van der Waals surface area contributed by atoms with Crippen LogP contribution in [0.5, 0.6) is 11.5 Å². The number of hydrogen-bond donors (Lipinski definition) is 2. The minimum atomic E-state index is -0.148. The molecule has 0 atom stereocenters. The summed E-state index contributed by atoms with van der Waals surface area (Å²) in [6.07, 6.45) is 0. The number of hydrogen-bond acceptors (Lipinski definition) is 5. The van der Waals surface area contributed by atoms with E-state index >= 15 is 0 Å². The van der Waals surface area contributed by atoms with E-state index in [4.69, 9.17) is 14.7 Å². The molecule has 0 aliphatic heterocycles. The molecular formula is C24H23N3O3. The van der Waals surface area contributed by atoms with E-state index in [2.05, 4.69) is 16.7 Å². The number of methoxy groups -OCH3 is 1. The third-order valence-corrected chi connectivity index (χ3v) is 4.37. The Bertz CT molecular complexity index is 1070. The van der Waals surface area contributed by atoms with E-state index in [0.717, 1.165) is 22.6 Å². The molecule has 0 radical (unpaired) electrons. The summed E-state index contributed by atoms with van der Waals surface area (Å²) in [5.41, 5.74) is 4.13. The second kappa shape index (κ2) is 9.99. The van der Waals surface area contributed by atoms with Crippen molar-refractivity contribution >= 4 is 17.3 Å². The number of benzene rings is 3. The van der Waals surface area contributed by atoms with Crippen LogP contribution >= 0.6 is 0 Å². The Hall–Kier alpha value is -3.98. The van der Waals surface area contributed by atoms with Gasteiger partial charge in [0, 0.05) is 25.2 Å². The summed E-state index contributed by atoms with van der Waals surface area (Å²) in [6.45, 7) is 2.46. The Balaban J connectivity index is 1.61. The zero-order valence-electron chi connectivity index (χ0n) is 16.9. The second-order valence-electron chi connectivity index (χ2n) is 6.70. The van der Waals surface area contributed by atoms with E-state index in [1.807, 2.05) is 54.6 Å². The lowest BCUT2D eigenvalue weighted by Crippen LogP contribution is -2.07. The number of carbonyl (C=O) groups excluding carboxylic acids is 1. The molecule has 0 saturated carbocycles. The molecule has 30 heavy (non-hydrogen) atoms. The number of nitrogens with zero attached hydrogens (tertiary/aromatic N) is 1. The monoisotopic (exact) mass is 401 g/mol. The molecular weight excluding hydrogens is 378 g/mol. The number of amides is 1. The highest BCUT2D eigenvalue weighted by atomic mass is 16.5. The number of nitrogens with one attached hydrogen (secondary N) is 2. The largest absolute Gasteiger partial charge is 0.494 e. The van der Waals surface area contributed by atoms with E-state index in [-0.39, 0.29) is 5.91 Å². The van der Waals surface area contributed by atoms with Gasteiger partial charge in [-0.05, 0) is 47.5 Å². The van der Waals surface area contributed by atoms with Crippen LogP contribution in [0.15, 0.2) is 66.7 Å². The molecule has 0 heterocycles. The molecule has 0 aromatic heterocycles. The Morgan fingerprint density at radius 2 is 1.83 bits per heavy atom. The zero-order valence-corrected chi connectivity index (χ0v) is 16.9. The van der Waals surface area contributed by atoms with Gasteiger partial charge in [0.2, 0.25) is 5.91 Å². The molecule has 0 unspecified atom stereocenters. The molecule has 0 bridgehead atoms. The van der Waals surface area contributed by atoms with E-state index in [9.17, 15) is 4.79 Å². The number of carbonyl (C=O) groups is 1. The fourth-order valence-electron chi connectivity index (χ4n) is 2.94. The van der Waals surface area contributed by atoms with Crippen molar-refractivity contribution in [3.63, 3.8) is 0 Å². The van der Waals surface area contributed by atoms with E-state index in [0.29, 0.717) is 30.2 Å². The van der Waals surface area contributed by atoms with E-state index < -0.39 is 0 Å². The highest BCUT2D eigenvalue weighted by Gasteiger charge is 2.06. The normalized spacial score (nSPS) is 10.0. The van der Waals surface area contributed by atoms with Gasteiger partial charge in [-0.3, -0.25) is 4.79 Å². The maximum absolute atomic E-state index is 11.3. The van der Waals surface area contributed by atoms with Crippen LogP contribution in [0.3, 0.4) is 0 Å². The molecule has 0 fully saturated rings. The fraction of sp³-hybridized carbons (Fsp3) is 0.167. The maximum atomic E-state index is 11.3. The highest BCUT2D eigenvalue weighted by Crippen LogP contribution is 2.28. The highest BCUT2D eigenvalue weighted by molar-refractivity contribution is 5.90. The van der Waals surface area contributed by atoms with Gasteiger partial charge in [-0.25, -0.2) is 0 Å². The van der Waals surface area contributed by atoms with Crippen LogP contribution in [0.25, 0.3) is 0 Å². The zero-order chi connectivity index (χ0) is 21.3. The van der Waals surface area contributed by atoms with Crippen LogP contribution in [-0.2, 0) is 17.9 Å². The summed E-state index contributed by atoms with van der Waals surface area (Å²) < 4.78 is 11.2. The number of nitriles is 1. The average molecular weight is 401 g/mol. The van der Waals surface area contributed by atoms with Gasteiger partial charge in [-0.15, -0.1) is 0 Å². The second-order valence-corrected chi connectivity index (χ2v) is 6.70. The van der Waals surface area contributed by atoms with Crippen LogP contribution in [-0.4, -0.2) is 13.0 Å². The summed E-state index contributed by atoms with van der Waals surface area (Å²) >= 11 is 0. The first-order valence-electron chi connectivity index (χ1n) is 9.47. The Morgan fingerprint density at radius 3 is 2.60 bits per heavy atom. The van der Waals surface area contributed by atoms with Crippen LogP contribution in [0.1, 0.15) is 23.6 Å². The van der Waals surface area contributed by atoms with Gasteiger partial charge < -0.3 is 20.1 Å². The summed E-state index contributed by atoms with van der Waals surface area (Å²) in [7, 11) is 1.57. The van der Waals surface area contributed by atoms with Gasteiger partial charge in [0.05, 0.1) is 24.4 Å². The van der Waals surface area contributed by atoms with Crippen LogP contribution in [0, 0.1) is 11.3 Å². The number of ether oxygens (including phenoxy) is 2. The van der Waals surface area contributed by atoms with E-state index in [1.54, 1.807) is 19.2 Å². The summed E-state index contributed by atoms with van der Waals surface area (Å²) in [4.78, 5) is 11.3. The molecule has 6 heteroatoms. The molecule has 0 aliphatic carbocycles. The molecule has 0 spiro atoms. The van der Waals surface area contributed by atoms with Gasteiger partial charge in [0.1, 0.15) is 18.1 Å². The molecule has 0 aliphatic rings. The van der Waals surface area contributed by atoms with Gasteiger partial charge in [-0.1, -0.05) is 24.3 Å². The molecule has 2 N–H and O–H groups in total. The molecule has 3 aromatic carbocycles. The summed E-state index contributed by atoms with van der Waals surface area (Å²) in [5.74, 6) is 1.20. The summed E-state index contributed by atoms with van der Waals surface area (Å²) in [5, 5.41) is 15.1. The SMILES string of the molecule is COc1cc(NCc2cccc(OCc3cccc(C#N)c3)c2)ccc1NC(C)=O. The first-order chi connectivity index (χ1) is 14.6. The molecule has 6 nitrogen and oxygen atoms in total. The molecule has 0 saturated heterocycles. The Labute approximate surface area is 176 Å². The first kappa shape index (κ1) is 20.7. The summed E-state index contributed by atoms with van der Waals surface area (Å²) in [6, 6.07) is 22.9. The smallest absolute Gasteiger partial charge is 0.221 e. The van der Waals surface area contributed by atoms with Gasteiger partial charge >= 0.3 is 0 Å². The third-order valence-electron chi connectivity index (χ3n) is 4.37. The minimum Gasteiger partial charge on any atom is -0.494 e. The lowest BCUT2D eigenvalue weighted by atomic mass is 10.1.